The summed E-state index contributed by atoms with van der Waals surface area (Å²) in [5.74, 6) is 1.36. The van der Waals surface area contributed by atoms with Gasteiger partial charge in [0.25, 0.3) is 0 Å². The largest absolute Gasteiger partial charge is 0.335 e. The van der Waals surface area contributed by atoms with Crippen LogP contribution in [0, 0.1) is 5.92 Å². The lowest BCUT2D eigenvalue weighted by molar-refractivity contribution is 0.219. The molecule has 1 aromatic carbocycles. The van der Waals surface area contributed by atoms with Crippen LogP contribution in [0.25, 0.3) is 11.4 Å². The number of anilines is 1. The number of carbonyl (C=O) groups excluding carboxylic acids is 1. The molecule has 5 nitrogen and oxygen atoms in total. The van der Waals surface area contributed by atoms with Gasteiger partial charge in [-0.05, 0) is 18.8 Å². The first-order valence-corrected chi connectivity index (χ1v) is 7.15. The first-order chi connectivity index (χ1) is 10.2. The lowest BCUT2D eigenvalue weighted by Gasteiger charge is -2.33. The molecule has 108 valence electrons. The molecule has 1 fully saturated rings. The van der Waals surface area contributed by atoms with Crippen LogP contribution >= 0.6 is 0 Å². The van der Waals surface area contributed by atoms with Crippen LogP contribution in [-0.4, -0.2) is 22.0 Å². The summed E-state index contributed by atoms with van der Waals surface area (Å²) < 4.78 is 0. The van der Waals surface area contributed by atoms with Crippen LogP contribution in [0.1, 0.15) is 19.8 Å². The predicted molar refractivity (Wildman–Crippen MR) is 81.8 cm³/mol. The van der Waals surface area contributed by atoms with Gasteiger partial charge < -0.3 is 10.6 Å². The molecule has 0 radical (unpaired) electrons. The Labute approximate surface area is 123 Å². The molecule has 0 unspecified atom stereocenters. The minimum absolute atomic E-state index is 0.192. The number of rotatable bonds is 3. The van der Waals surface area contributed by atoms with E-state index in [1.165, 1.54) is 0 Å². The Balaban J connectivity index is 1.58. The summed E-state index contributed by atoms with van der Waals surface area (Å²) in [7, 11) is 0. The van der Waals surface area contributed by atoms with E-state index in [9.17, 15) is 4.79 Å². The SMILES string of the molecule is CC1CC(NC(=O)Nc2cnc(-c3ccccc3)nc2)C1. The second kappa shape index (κ2) is 5.91. The fraction of sp³-hybridized carbons (Fsp3) is 0.312. The van der Waals surface area contributed by atoms with E-state index in [-0.39, 0.29) is 6.03 Å². The molecule has 3 rings (SSSR count). The molecule has 2 aromatic rings. The molecule has 0 bridgehead atoms. The van der Waals surface area contributed by atoms with Crippen molar-refractivity contribution in [2.24, 2.45) is 5.92 Å². The average Bonchev–Trinajstić information content (AvgIpc) is 2.47. The highest BCUT2D eigenvalue weighted by Crippen LogP contribution is 2.26. The van der Waals surface area contributed by atoms with Crippen LogP contribution in [0.4, 0.5) is 10.5 Å². The molecule has 1 aliphatic rings. The standard InChI is InChI=1S/C16H18N4O/c1-11-7-13(8-11)19-16(21)20-14-9-17-15(18-10-14)12-5-3-2-4-6-12/h2-6,9-11,13H,7-8H2,1H3,(H2,19,20,21). The van der Waals surface area contributed by atoms with Crippen LogP contribution in [-0.2, 0) is 0 Å². The molecule has 21 heavy (non-hydrogen) atoms. The smallest absolute Gasteiger partial charge is 0.319 e. The molecule has 1 aliphatic carbocycles. The first-order valence-electron chi connectivity index (χ1n) is 7.15. The van der Waals surface area contributed by atoms with Gasteiger partial charge in [-0.2, -0.15) is 0 Å². The Kier molecular flexibility index (Phi) is 3.81. The number of urea groups is 1. The summed E-state index contributed by atoms with van der Waals surface area (Å²) in [6.45, 7) is 2.19. The van der Waals surface area contributed by atoms with Crippen LogP contribution in [0.5, 0.6) is 0 Å². The van der Waals surface area contributed by atoms with Crippen molar-refractivity contribution in [1.29, 1.82) is 0 Å². The minimum Gasteiger partial charge on any atom is -0.335 e. The molecule has 1 saturated carbocycles. The van der Waals surface area contributed by atoms with Crippen LogP contribution in [0.3, 0.4) is 0 Å². The van der Waals surface area contributed by atoms with Crippen molar-refractivity contribution in [3.8, 4) is 11.4 Å². The third-order valence-corrected chi connectivity index (χ3v) is 3.65. The molecule has 0 aliphatic heterocycles. The summed E-state index contributed by atoms with van der Waals surface area (Å²) in [6, 6.07) is 9.84. The van der Waals surface area contributed by atoms with Gasteiger partial charge in [-0.15, -0.1) is 0 Å². The van der Waals surface area contributed by atoms with Gasteiger partial charge in [0.2, 0.25) is 0 Å². The first kappa shape index (κ1) is 13.5. The molecule has 0 spiro atoms. The van der Waals surface area contributed by atoms with Crippen LogP contribution in [0.2, 0.25) is 0 Å². The van der Waals surface area contributed by atoms with Gasteiger partial charge in [-0.3, -0.25) is 0 Å². The summed E-state index contributed by atoms with van der Waals surface area (Å²) in [5, 5.41) is 5.70. The molecular formula is C16H18N4O. The fourth-order valence-corrected chi connectivity index (χ4v) is 2.50. The van der Waals surface area contributed by atoms with E-state index in [0.717, 1.165) is 18.4 Å². The molecule has 0 atom stereocenters. The number of hydrogen-bond acceptors (Lipinski definition) is 3. The maximum atomic E-state index is 11.8. The number of hydrogen-bond donors (Lipinski definition) is 2. The van der Waals surface area contributed by atoms with Crippen molar-refractivity contribution >= 4 is 11.7 Å². The van der Waals surface area contributed by atoms with Gasteiger partial charge in [-0.25, -0.2) is 14.8 Å². The monoisotopic (exact) mass is 282 g/mol. The number of nitrogens with zero attached hydrogens (tertiary/aromatic N) is 2. The Morgan fingerprint density at radius 1 is 1.14 bits per heavy atom. The maximum absolute atomic E-state index is 11.8. The van der Waals surface area contributed by atoms with Crippen LogP contribution < -0.4 is 10.6 Å². The van der Waals surface area contributed by atoms with Crippen LogP contribution in [0.15, 0.2) is 42.7 Å². The Hall–Kier alpha value is -2.43. The van der Waals surface area contributed by atoms with Crippen molar-refractivity contribution in [3.63, 3.8) is 0 Å². The van der Waals surface area contributed by atoms with Crippen molar-refractivity contribution < 1.29 is 4.79 Å². The quantitative estimate of drug-likeness (QED) is 0.909. The zero-order valence-electron chi connectivity index (χ0n) is 11.9. The third kappa shape index (κ3) is 3.37. The fourth-order valence-electron chi connectivity index (χ4n) is 2.50. The lowest BCUT2D eigenvalue weighted by Crippen LogP contribution is -2.45. The number of aromatic nitrogens is 2. The van der Waals surface area contributed by atoms with Crippen molar-refractivity contribution in [1.82, 2.24) is 15.3 Å². The predicted octanol–water partition coefficient (Wildman–Crippen LogP) is 3.06. The highest BCUT2D eigenvalue weighted by molar-refractivity contribution is 5.89. The molecule has 2 amide bonds. The Bertz CT molecular complexity index is 606. The number of amides is 2. The van der Waals surface area contributed by atoms with E-state index in [1.54, 1.807) is 12.4 Å². The second-order valence-electron chi connectivity index (χ2n) is 5.53. The number of carbonyl (C=O) groups is 1. The van der Waals surface area contributed by atoms with Gasteiger partial charge in [0, 0.05) is 11.6 Å². The molecule has 2 N–H and O–H groups in total. The topological polar surface area (TPSA) is 66.9 Å². The normalized spacial score (nSPS) is 20.4. The molecule has 0 saturated heterocycles. The van der Waals surface area contributed by atoms with Gasteiger partial charge in [-0.1, -0.05) is 37.3 Å². The molecule has 1 heterocycles. The van der Waals surface area contributed by atoms with E-state index in [4.69, 9.17) is 0 Å². The van der Waals surface area contributed by atoms with E-state index < -0.39 is 0 Å². The zero-order chi connectivity index (χ0) is 14.7. The molecular weight excluding hydrogens is 264 g/mol. The summed E-state index contributed by atoms with van der Waals surface area (Å²) in [5.41, 5.74) is 1.55. The number of nitrogens with one attached hydrogen (secondary N) is 2. The van der Waals surface area contributed by atoms with Crippen molar-refractivity contribution in [3.05, 3.63) is 42.7 Å². The Morgan fingerprint density at radius 3 is 2.43 bits per heavy atom. The maximum Gasteiger partial charge on any atom is 0.319 e. The van der Waals surface area contributed by atoms with E-state index in [1.807, 2.05) is 30.3 Å². The number of benzene rings is 1. The minimum atomic E-state index is -0.192. The summed E-state index contributed by atoms with van der Waals surface area (Å²) in [4.78, 5) is 20.3. The summed E-state index contributed by atoms with van der Waals surface area (Å²) in [6.07, 6.45) is 5.35. The van der Waals surface area contributed by atoms with Gasteiger partial charge in [0.1, 0.15) is 0 Å². The highest BCUT2D eigenvalue weighted by atomic mass is 16.2. The van der Waals surface area contributed by atoms with E-state index in [2.05, 4.69) is 27.5 Å². The molecule has 1 aromatic heterocycles. The van der Waals surface area contributed by atoms with E-state index in [0.29, 0.717) is 23.5 Å². The van der Waals surface area contributed by atoms with Crippen molar-refractivity contribution in [2.45, 2.75) is 25.8 Å². The molecule has 5 heteroatoms. The Morgan fingerprint density at radius 2 is 1.81 bits per heavy atom. The van der Waals surface area contributed by atoms with Gasteiger partial charge in [0.05, 0.1) is 18.1 Å². The lowest BCUT2D eigenvalue weighted by atomic mass is 9.82. The van der Waals surface area contributed by atoms with E-state index >= 15 is 0 Å². The summed E-state index contributed by atoms with van der Waals surface area (Å²) >= 11 is 0. The van der Waals surface area contributed by atoms with Gasteiger partial charge in [0.15, 0.2) is 5.82 Å². The second-order valence-corrected chi connectivity index (χ2v) is 5.53. The average molecular weight is 282 g/mol. The third-order valence-electron chi connectivity index (χ3n) is 3.65. The highest BCUT2D eigenvalue weighted by Gasteiger charge is 2.26. The van der Waals surface area contributed by atoms with Crippen molar-refractivity contribution in [2.75, 3.05) is 5.32 Å². The van der Waals surface area contributed by atoms with Gasteiger partial charge >= 0.3 is 6.03 Å². The zero-order valence-corrected chi connectivity index (χ0v) is 11.9.